The number of methoxy groups -OCH3 is 1. The number of carbonyl (C=O) groups excluding carboxylic acids is 2. The van der Waals surface area contributed by atoms with Crippen LogP contribution in [0.5, 0.6) is 5.75 Å². The van der Waals surface area contributed by atoms with Gasteiger partial charge in [-0.05, 0) is 60.7 Å². The predicted molar refractivity (Wildman–Crippen MR) is 131 cm³/mol. The van der Waals surface area contributed by atoms with Crippen LogP contribution >= 0.6 is 15.9 Å². The summed E-state index contributed by atoms with van der Waals surface area (Å²) in [6.45, 7) is 7.43. The number of nitrogens with zero attached hydrogens (tertiary/aromatic N) is 1. The molecule has 1 fully saturated rings. The fourth-order valence-electron chi connectivity index (χ4n) is 3.85. The Kier molecular flexibility index (Phi) is 8.32. The maximum atomic E-state index is 13.1. The number of Topliss-reactive ketones (excluding diaryl/α,β-unsaturated/α-hetero) is 1. The molecular weight excluding hydrogens is 486 g/mol. The molecule has 1 amide bonds. The molecule has 33 heavy (non-hydrogen) atoms. The smallest absolute Gasteiger partial charge is 0.295 e. The summed E-state index contributed by atoms with van der Waals surface area (Å²) in [5.41, 5.74) is 2.16. The first-order valence-electron chi connectivity index (χ1n) is 11.0. The Balaban J connectivity index is 2.04. The van der Waals surface area contributed by atoms with E-state index in [-0.39, 0.29) is 11.3 Å². The summed E-state index contributed by atoms with van der Waals surface area (Å²) in [7, 11) is 1.59. The molecule has 2 aromatic carbocycles. The van der Waals surface area contributed by atoms with Crippen molar-refractivity contribution in [3.05, 3.63) is 69.2 Å². The minimum atomic E-state index is -0.685. The number of ketones is 1. The van der Waals surface area contributed by atoms with Crippen LogP contribution in [0.3, 0.4) is 0 Å². The predicted octanol–water partition coefficient (Wildman–Crippen LogP) is 5.25. The van der Waals surface area contributed by atoms with Crippen LogP contribution in [0.25, 0.3) is 5.76 Å². The Morgan fingerprint density at radius 2 is 1.85 bits per heavy atom. The lowest BCUT2D eigenvalue weighted by atomic mass is 9.95. The van der Waals surface area contributed by atoms with Gasteiger partial charge >= 0.3 is 0 Å². The zero-order chi connectivity index (χ0) is 24.1. The van der Waals surface area contributed by atoms with Gasteiger partial charge in [0.05, 0.1) is 18.2 Å². The molecule has 1 aliphatic heterocycles. The van der Waals surface area contributed by atoms with Crippen molar-refractivity contribution in [2.24, 2.45) is 5.92 Å². The lowest BCUT2D eigenvalue weighted by Gasteiger charge is -2.25. The number of hydrogen-bond donors (Lipinski definition) is 1. The number of aliphatic hydroxyl groups is 1. The van der Waals surface area contributed by atoms with E-state index in [0.29, 0.717) is 37.7 Å². The van der Waals surface area contributed by atoms with Crippen LogP contribution in [0, 0.1) is 12.8 Å². The first kappa shape index (κ1) is 25.0. The largest absolute Gasteiger partial charge is 0.507 e. The lowest BCUT2D eigenvalue weighted by Crippen LogP contribution is -2.31. The van der Waals surface area contributed by atoms with Crippen molar-refractivity contribution in [2.45, 2.75) is 33.2 Å². The Hall–Kier alpha value is -2.64. The highest BCUT2D eigenvalue weighted by molar-refractivity contribution is 9.10. The van der Waals surface area contributed by atoms with Crippen molar-refractivity contribution < 1.29 is 24.2 Å². The van der Waals surface area contributed by atoms with Crippen LogP contribution in [0.4, 0.5) is 0 Å². The Bertz CT molecular complexity index is 1050. The molecular formula is C26H30BrNO5. The Morgan fingerprint density at radius 1 is 1.15 bits per heavy atom. The highest BCUT2D eigenvalue weighted by atomic mass is 79.9. The molecule has 7 heteroatoms. The molecule has 0 aromatic heterocycles. The van der Waals surface area contributed by atoms with Gasteiger partial charge in [-0.15, -0.1) is 0 Å². The summed E-state index contributed by atoms with van der Waals surface area (Å²) >= 11 is 3.42. The van der Waals surface area contributed by atoms with Crippen molar-refractivity contribution in [1.82, 2.24) is 4.90 Å². The normalized spacial score (nSPS) is 17.8. The number of hydrogen-bond acceptors (Lipinski definition) is 5. The van der Waals surface area contributed by atoms with Gasteiger partial charge in [0, 0.05) is 30.3 Å². The third-order valence-corrected chi connectivity index (χ3v) is 6.02. The molecule has 1 aliphatic rings. The summed E-state index contributed by atoms with van der Waals surface area (Å²) in [6, 6.07) is 12.0. The zero-order valence-corrected chi connectivity index (χ0v) is 21.0. The topological polar surface area (TPSA) is 76.1 Å². The molecule has 1 unspecified atom stereocenters. The number of amides is 1. The van der Waals surface area contributed by atoms with Gasteiger partial charge in [0.25, 0.3) is 11.7 Å². The quantitative estimate of drug-likeness (QED) is 0.213. The van der Waals surface area contributed by atoms with Gasteiger partial charge in [0.15, 0.2) is 0 Å². The van der Waals surface area contributed by atoms with Crippen LogP contribution in [0.1, 0.15) is 43.0 Å². The van der Waals surface area contributed by atoms with Crippen LogP contribution < -0.4 is 4.74 Å². The van der Waals surface area contributed by atoms with E-state index in [1.165, 1.54) is 4.90 Å². The van der Waals surface area contributed by atoms with Gasteiger partial charge < -0.3 is 19.5 Å². The molecule has 0 radical (unpaired) electrons. The summed E-state index contributed by atoms with van der Waals surface area (Å²) in [4.78, 5) is 27.5. The molecule has 6 nitrogen and oxygen atoms in total. The van der Waals surface area contributed by atoms with Crippen molar-refractivity contribution in [2.75, 3.05) is 26.9 Å². The van der Waals surface area contributed by atoms with E-state index in [1.54, 1.807) is 25.3 Å². The number of aliphatic hydroxyl groups excluding tert-OH is 1. The second-order valence-corrected chi connectivity index (χ2v) is 9.49. The standard InChI is InChI=1S/C26H30BrNO5/c1-16(2)15-33-21-11-8-19(14-17(21)3)24(29)22-23(18-6-9-20(27)10-7-18)28(12-5-13-32-4)26(31)25(22)30/h6-11,14,16,23,29H,5,12-13,15H2,1-4H3. The number of likely N-dealkylation sites (tertiary alicyclic amines) is 1. The van der Waals surface area contributed by atoms with E-state index in [9.17, 15) is 14.7 Å². The zero-order valence-electron chi connectivity index (χ0n) is 19.4. The monoisotopic (exact) mass is 515 g/mol. The van der Waals surface area contributed by atoms with Crippen molar-refractivity contribution >= 4 is 33.4 Å². The molecule has 1 atom stereocenters. The second-order valence-electron chi connectivity index (χ2n) is 8.58. The number of benzene rings is 2. The van der Waals surface area contributed by atoms with Gasteiger partial charge in [-0.3, -0.25) is 9.59 Å². The summed E-state index contributed by atoms with van der Waals surface area (Å²) in [5.74, 6) is -0.374. The van der Waals surface area contributed by atoms with Crippen LogP contribution in [-0.2, 0) is 14.3 Å². The molecule has 1 heterocycles. The average Bonchev–Trinajstić information content (AvgIpc) is 3.03. The molecule has 0 aliphatic carbocycles. The van der Waals surface area contributed by atoms with Crippen molar-refractivity contribution in [1.29, 1.82) is 0 Å². The molecule has 2 aromatic rings. The fourth-order valence-corrected chi connectivity index (χ4v) is 4.12. The minimum absolute atomic E-state index is 0.0926. The van der Waals surface area contributed by atoms with Gasteiger partial charge in [0.2, 0.25) is 0 Å². The summed E-state index contributed by atoms with van der Waals surface area (Å²) < 4.78 is 11.8. The van der Waals surface area contributed by atoms with Crippen molar-refractivity contribution in [3.8, 4) is 5.75 Å². The van der Waals surface area contributed by atoms with E-state index in [4.69, 9.17) is 9.47 Å². The number of ether oxygens (including phenoxy) is 2. The van der Waals surface area contributed by atoms with Gasteiger partial charge in [-0.1, -0.05) is 41.9 Å². The van der Waals surface area contributed by atoms with E-state index in [1.807, 2.05) is 31.2 Å². The first-order valence-corrected chi connectivity index (χ1v) is 11.8. The van der Waals surface area contributed by atoms with Crippen LogP contribution in [-0.4, -0.2) is 48.6 Å². The molecule has 3 rings (SSSR count). The average molecular weight is 516 g/mol. The number of carbonyl (C=O) groups is 2. The number of rotatable bonds is 9. The van der Waals surface area contributed by atoms with E-state index in [0.717, 1.165) is 21.3 Å². The Morgan fingerprint density at radius 3 is 2.45 bits per heavy atom. The van der Waals surface area contributed by atoms with E-state index < -0.39 is 17.7 Å². The molecule has 1 N–H and O–H groups in total. The molecule has 1 saturated heterocycles. The van der Waals surface area contributed by atoms with Gasteiger partial charge in [-0.25, -0.2) is 0 Å². The van der Waals surface area contributed by atoms with E-state index >= 15 is 0 Å². The highest BCUT2D eigenvalue weighted by Gasteiger charge is 2.45. The molecule has 0 saturated carbocycles. The van der Waals surface area contributed by atoms with Crippen molar-refractivity contribution in [3.63, 3.8) is 0 Å². The van der Waals surface area contributed by atoms with Crippen LogP contribution in [0.2, 0.25) is 0 Å². The van der Waals surface area contributed by atoms with Crippen LogP contribution in [0.15, 0.2) is 52.5 Å². The number of halogens is 1. The maximum absolute atomic E-state index is 13.1. The second kappa shape index (κ2) is 11.0. The molecule has 0 spiro atoms. The van der Waals surface area contributed by atoms with Gasteiger partial charge in [-0.2, -0.15) is 0 Å². The minimum Gasteiger partial charge on any atom is -0.507 e. The third kappa shape index (κ3) is 5.65. The number of aryl methyl sites for hydroxylation is 1. The molecule has 0 bridgehead atoms. The highest BCUT2D eigenvalue weighted by Crippen LogP contribution is 2.40. The maximum Gasteiger partial charge on any atom is 0.295 e. The lowest BCUT2D eigenvalue weighted by molar-refractivity contribution is -0.140. The van der Waals surface area contributed by atoms with E-state index in [2.05, 4.69) is 29.8 Å². The van der Waals surface area contributed by atoms with Gasteiger partial charge in [0.1, 0.15) is 11.5 Å². The summed E-state index contributed by atoms with van der Waals surface area (Å²) in [5, 5.41) is 11.2. The third-order valence-electron chi connectivity index (χ3n) is 5.49. The fraction of sp³-hybridized carbons (Fsp3) is 0.385. The Labute approximate surface area is 203 Å². The molecule has 176 valence electrons. The summed E-state index contributed by atoms with van der Waals surface area (Å²) in [6.07, 6.45) is 0.581. The first-order chi connectivity index (χ1) is 15.7. The SMILES string of the molecule is COCCCN1C(=O)C(=O)C(=C(O)c2ccc(OCC(C)C)c(C)c2)C1c1ccc(Br)cc1.